The average Bonchev–Trinajstić information content (AvgIpc) is 2.50. The van der Waals surface area contributed by atoms with E-state index >= 15 is 0 Å². The zero-order chi connectivity index (χ0) is 15.7. The van der Waals surface area contributed by atoms with E-state index < -0.39 is 5.41 Å². The molecule has 0 aliphatic carbocycles. The highest BCUT2D eigenvalue weighted by Gasteiger charge is 2.24. The predicted molar refractivity (Wildman–Crippen MR) is 74.4 cm³/mol. The van der Waals surface area contributed by atoms with Crippen molar-refractivity contribution < 1.29 is 35.0 Å². The Bertz CT molecular complexity index is 149. The summed E-state index contributed by atoms with van der Waals surface area (Å²) >= 11 is 0. The number of hydrogen-bond acceptors (Lipinski definition) is 7. The maximum absolute atomic E-state index is 8.66. The first-order valence-corrected chi connectivity index (χ1v) is 6.86. The van der Waals surface area contributed by atoms with Gasteiger partial charge in [0, 0.05) is 18.6 Å². The van der Waals surface area contributed by atoms with Gasteiger partial charge in [0.2, 0.25) is 0 Å². The van der Waals surface area contributed by atoms with Crippen molar-refractivity contribution in [2.24, 2.45) is 5.41 Å². The highest BCUT2D eigenvalue weighted by molar-refractivity contribution is 4.74. The van der Waals surface area contributed by atoms with Crippen LogP contribution in [0.2, 0.25) is 0 Å². The topological polar surface area (TPSA) is 120 Å². The van der Waals surface area contributed by atoms with Crippen LogP contribution in [0.5, 0.6) is 0 Å². The fraction of sp³-hybridized carbons (Fsp3) is 1.00. The molecular weight excluding hydrogens is 268 g/mol. The lowest BCUT2D eigenvalue weighted by Gasteiger charge is -2.24. The Balaban J connectivity index is 0. The maximum atomic E-state index is 8.66. The summed E-state index contributed by atoms with van der Waals surface area (Å²) in [5.74, 6) is 0. The van der Waals surface area contributed by atoms with Gasteiger partial charge in [-0.25, -0.2) is 0 Å². The summed E-state index contributed by atoms with van der Waals surface area (Å²) in [6.45, 7) is 3.47. The van der Waals surface area contributed by atoms with Crippen molar-refractivity contribution in [3.05, 3.63) is 0 Å². The van der Waals surface area contributed by atoms with Gasteiger partial charge in [-0.05, 0) is 12.8 Å². The molecule has 124 valence electrons. The lowest BCUT2D eigenvalue weighted by atomic mass is 9.88. The fourth-order valence-electron chi connectivity index (χ4n) is 1.08. The van der Waals surface area contributed by atoms with Crippen LogP contribution in [0, 0.1) is 5.41 Å². The van der Waals surface area contributed by atoms with Crippen LogP contribution in [-0.4, -0.2) is 85.0 Å². The molecule has 0 spiro atoms. The second-order valence-electron chi connectivity index (χ2n) is 4.35. The third-order valence-electron chi connectivity index (χ3n) is 2.80. The molecule has 0 aromatic carbocycles. The SMILES string of the molecule is CCC(CO)(CO)CO.OCCOCCCOCCO. The van der Waals surface area contributed by atoms with Crippen molar-refractivity contribution in [3.8, 4) is 0 Å². The van der Waals surface area contributed by atoms with Crippen LogP contribution in [0.1, 0.15) is 19.8 Å². The monoisotopic (exact) mass is 298 g/mol. The summed E-state index contributed by atoms with van der Waals surface area (Å²) in [7, 11) is 0. The van der Waals surface area contributed by atoms with Gasteiger partial charge in [-0.2, -0.15) is 0 Å². The number of ether oxygens (including phenoxy) is 2. The summed E-state index contributed by atoms with van der Waals surface area (Å²) in [5, 5.41) is 42.6. The minimum absolute atomic E-state index is 0.0670. The zero-order valence-electron chi connectivity index (χ0n) is 12.3. The van der Waals surface area contributed by atoms with Crippen LogP contribution < -0.4 is 0 Å². The van der Waals surface area contributed by atoms with Gasteiger partial charge in [0.25, 0.3) is 0 Å². The van der Waals surface area contributed by atoms with Gasteiger partial charge in [-0.15, -0.1) is 0 Å². The summed E-state index contributed by atoms with van der Waals surface area (Å²) in [6.07, 6.45) is 1.40. The minimum atomic E-state index is -0.667. The van der Waals surface area contributed by atoms with Crippen LogP contribution in [-0.2, 0) is 9.47 Å². The predicted octanol–water partition coefficient (Wildman–Crippen LogP) is -1.25. The smallest absolute Gasteiger partial charge is 0.0697 e. The highest BCUT2D eigenvalue weighted by atomic mass is 16.5. The van der Waals surface area contributed by atoms with Crippen LogP contribution in [0.15, 0.2) is 0 Å². The number of aliphatic hydroxyl groups excluding tert-OH is 5. The second-order valence-corrected chi connectivity index (χ2v) is 4.35. The molecule has 0 bridgehead atoms. The average molecular weight is 298 g/mol. The second kappa shape index (κ2) is 16.8. The number of aliphatic hydroxyl groups is 5. The van der Waals surface area contributed by atoms with Gasteiger partial charge >= 0.3 is 0 Å². The lowest BCUT2D eigenvalue weighted by molar-refractivity contribution is 0.00304. The fourth-order valence-corrected chi connectivity index (χ4v) is 1.08. The van der Waals surface area contributed by atoms with Crippen molar-refractivity contribution in [1.29, 1.82) is 0 Å². The summed E-state index contributed by atoms with van der Waals surface area (Å²) < 4.78 is 9.94. The Morgan fingerprint density at radius 2 is 1.10 bits per heavy atom. The number of rotatable bonds is 12. The van der Waals surface area contributed by atoms with Crippen molar-refractivity contribution in [1.82, 2.24) is 0 Å². The van der Waals surface area contributed by atoms with E-state index in [-0.39, 0.29) is 33.0 Å². The lowest BCUT2D eigenvalue weighted by Crippen LogP contribution is -2.32. The van der Waals surface area contributed by atoms with E-state index in [0.29, 0.717) is 32.8 Å². The first-order chi connectivity index (χ1) is 9.66. The van der Waals surface area contributed by atoms with Gasteiger partial charge in [0.1, 0.15) is 0 Å². The first kappa shape index (κ1) is 22.0. The van der Waals surface area contributed by atoms with E-state index in [1.807, 2.05) is 6.92 Å². The Morgan fingerprint density at radius 3 is 1.30 bits per heavy atom. The van der Waals surface area contributed by atoms with Crippen molar-refractivity contribution in [2.45, 2.75) is 19.8 Å². The summed E-state index contributed by atoms with van der Waals surface area (Å²) in [4.78, 5) is 0. The standard InChI is InChI=1S/C7H16O4.C6H14O3/c8-2-6-10-4-1-5-11-7-3-9;1-2-6(3-7,4-8)5-9/h8-9H,1-7H2;7-9H,2-5H2,1H3. The van der Waals surface area contributed by atoms with Crippen molar-refractivity contribution >= 4 is 0 Å². The normalized spacial score (nSPS) is 11.1. The Kier molecular flexibility index (Phi) is 18.5. The maximum Gasteiger partial charge on any atom is 0.0697 e. The number of hydrogen-bond donors (Lipinski definition) is 5. The van der Waals surface area contributed by atoms with Crippen LogP contribution >= 0.6 is 0 Å². The molecule has 0 aliphatic rings. The van der Waals surface area contributed by atoms with Gasteiger partial charge in [0.05, 0.1) is 46.2 Å². The van der Waals surface area contributed by atoms with Crippen LogP contribution in [0.25, 0.3) is 0 Å². The van der Waals surface area contributed by atoms with Gasteiger partial charge in [-0.1, -0.05) is 6.92 Å². The molecule has 0 unspecified atom stereocenters. The molecular formula is C13H30O7. The summed E-state index contributed by atoms with van der Waals surface area (Å²) in [6, 6.07) is 0. The zero-order valence-corrected chi connectivity index (χ0v) is 12.3. The van der Waals surface area contributed by atoms with Crippen molar-refractivity contribution in [3.63, 3.8) is 0 Å². The molecule has 0 radical (unpaired) electrons. The molecule has 0 rings (SSSR count). The molecule has 0 saturated heterocycles. The van der Waals surface area contributed by atoms with Crippen LogP contribution in [0.4, 0.5) is 0 Å². The highest BCUT2D eigenvalue weighted by Crippen LogP contribution is 2.18. The van der Waals surface area contributed by atoms with E-state index in [1.165, 1.54) is 0 Å². The molecule has 20 heavy (non-hydrogen) atoms. The van der Waals surface area contributed by atoms with Gasteiger partial charge < -0.3 is 35.0 Å². The molecule has 0 aliphatic heterocycles. The molecule has 0 amide bonds. The molecule has 0 fully saturated rings. The third kappa shape index (κ3) is 12.7. The van der Waals surface area contributed by atoms with Crippen molar-refractivity contribution in [2.75, 3.05) is 59.5 Å². The summed E-state index contributed by atoms with van der Waals surface area (Å²) in [5.41, 5.74) is -0.667. The largest absolute Gasteiger partial charge is 0.396 e. The Morgan fingerprint density at radius 1 is 0.700 bits per heavy atom. The van der Waals surface area contributed by atoms with E-state index in [0.717, 1.165) is 6.42 Å². The Labute approximate surface area is 120 Å². The van der Waals surface area contributed by atoms with E-state index in [9.17, 15) is 0 Å². The molecule has 7 nitrogen and oxygen atoms in total. The van der Waals surface area contributed by atoms with E-state index in [4.69, 9.17) is 35.0 Å². The first-order valence-electron chi connectivity index (χ1n) is 6.86. The van der Waals surface area contributed by atoms with Gasteiger partial charge in [-0.3, -0.25) is 0 Å². The van der Waals surface area contributed by atoms with E-state index in [1.54, 1.807) is 0 Å². The molecule has 0 aromatic rings. The molecule has 0 aromatic heterocycles. The third-order valence-corrected chi connectivity index (χ3v) is 2.80. The quantitative estimate of drug-likeness (QED) is 0.286. The Hall–Kier alpha value is -0.280. The molecule has 0 heterocycles. The molecule has 5 N–H and O–H groups in total. The van der Waals surface area contributed by atoms with Gasteiger partial charge in [0.15, 0.2) is 0 Å². The molecule has 0 saturated carbocycles. The van der Waals surface area contributed by atoms with Crippen LogP contribution in [0.3, 0.4) is 0 Å². The molecule has 7 heteroatoms. The van der Waals surface area contributed by atoms with E-state index in [2.05, 4.69) is 0 Å². The minimum Gasteiger partial charge on any atom is -0.396 e. The molecule has 0 atom stereocenters.